The van der Waals surface area contributed by atoms with Gasteiger partial charge in [-0.2, -0.15) is 0 Å². The van der Waals surface area contributed by atoms with Crippen molar-refractivity contribution in [3.05, 3.63) is 60.4 Å². The quantitative estimate of drug-likeness (QED) is 0.777. The van der Waals surface area contributed by atoms with E-state index < -0.39 is 26.6 Å². The van der Waals surface area contributed by atoms with Crippen molar-refractivity contribution < 1.29 is 17.2 Å². The monoisotopic (exact) mass is 351 g/mol. The molecule has 0 bridgehead atoms. The zero-order valence-electron chi connectivity index (χ0n) is 12.3. The summed E-state index contributed by atoms with van der Waals surface area (Å²) in [5.41, 5.74) is 0. The molecule has 0 fully saturated rings. The molecule has 0 saturated heterocycles. The van der Waals surface area contributed by atoms with E-state index in [4.69, 9.17) is 0 Å². The summed E-state index contributed by atoms with van der Waals surface area (Å²) >= 11 is 0. The van der Waals surface area contributed by atoms with Gasteiger partial charge >= 0.3 is 0 Å². The number of imidazole rings is 1. The minimum absolute atomic E-state index is 0.0159. The Morgan fingerprint density at radius 3 is 2.54 bits per heavy atom. The van der Waals surface area contributed by atoms with Crippen LogP contribution in [0.15, 0.2) is 47.9 Å². The molecule has 2 aromatic heterocycles. The van der Waals surface area contributed by atoms with Gasteiger partial charge in [0.05, 0.1) is 4.90 Å². The molecular weight excluding hydrogens is 340 g/mol. The number of nitrogens with zero attached hydrogens (tertiary/aromatic N) is 4. The maximum absolute atomic E-state index is 13.2. The fourth-order valence-corrected chi connectivity index (χ4v) is 3.01. The first-order valence-corrected chi connectivity index (χ1v) is 8.15. The van der Waals surface area contributed by atoms with Gasteiger partial charge in [-0.1, -0.05) is 0 Å². The number of benzene rings is 1. The smallest absolute Gasteiger partial charge is 0.263 e. The fraction of sp³-hybridized carbons (Fsp3) is 0.0714. The molecule has 2 heterocycles. The van der Waals surface area contributed by atoms with Gasteiger partial charge in [0.2, 0.25) is 0 Å². The number of hydrogen-bond donors (Lipinski definition) is 1. The Hall–Kier alpha value is -2.88. The molecule has 0 unspecified atom stereocenters. The Bertz CT molecular complexity index is 1000. The maximum atomic E-state index is 13.2. The number of halogens is 2. The normalized spacial score (nSPS) is 11.5. The first-order chi connectivity index (χ1) is 11.4. The van der Waals surface area contributed by atoms with Crippen LogP contribution in [-0.4, -0.2) is 27.9 Å². The highest BCUT2D eigenvalue weighted by Crippen LogP contribution is 2.18. The van der Waals surface area contributed by atoms with Crippen molar-refractivity contribution in [2.75, 3.05) is 4.72 Å². The summed E-state index contributed by atoms with van der Waals surface area (Å²) in [5, 5.41) is 0. The molecular formula is C14H11F2N5O2S. The summed E-state index contributed by atoms with van der Waals surface area (Å²) in [6.45, 7) is 1.76. The summed E-state index contributed by atoms with van der Waals surface area (Å²) in [5.74, 6) is -1.34. The van der Waals surface area contributed by atoms with Gasteiger partial charge in [-0.15, -0.1) is 0 Å². The van der Waals surface area contributed by atoms with Crippen LogP contribution in [-0.2, 0) is 10.0 Å². The molecule has 124 valence electrons. The van der Waals surface area contributed by atoms with E-state index in [0.717, 1.165) is 12.1 Å². The molecule has 0 aliphatic rings. The minimum atomic E-state index is -4.12. The third-order valence-electron chi connectivity index (χ3n) is 3.17. The highest BCUT2D eigenvalue weighted by Gasteiger charge is 2.18. The molecule has 24 heavy (non-hydrogen) atoms. The molecule has 0 aliphatic heterocycles. The summed E-state index contributed by atoms with van der Waals surface area (Å²) in [6, 6.07) is 3.69. The largest absolute Gasteiger partial charge is 0.288 e. The molecule has 3 aromatic rings. The van der Waals surface area contributed by atoms with Crippen molar-refractivity contribution in [3.8, 4) is 5.82 Å². The minimum Gasteiger partial charge on any atom is -0.288 e. The topological polar surface area (TPSA) is 89.8 Å². The second kappa shape index (κ2) is 5.96. The molecule has 1 aromatic carbocycles. The zero-order valence-corrected chi connectivity index (χ0v) is 13.1. The second-order valence-corrected chi connectivity index (χ2v) is 6.47. The van der Waals surface area contributed by atoms with E-state index in [9.17, 15) is 17.2 Å². The van der Waals surface area contributed by atoms with Gasteiger partial charge in [-0.3, -0.25) is 9.29 Å². The van der Waals surface area contributed by atoms with Crippen molar-refractivity contribution >= 4 is 15.8 Å². The van der Waals surface area contributed by atoms with Gasteiger partial charge in [-0.25, -0.2) is 32.2 Å². The van der Waals surface area contributed by atoms with E-state index in [1.807, 2.05) is 0 Å². The summed E-state index contributed by atoms with van der Waals surface area (Å²) in [4.78, 5) is 11.5. The first kappa shape index (κ1) is 16.0. The lowest BCUT2D eigenvalue weighted by Gasteiger charge is -2.09. The lowest BCUT2D eigenvalue weighted by molar-refractivity contribution is 0.504. The zero-order chi connectivity index (χ0) is 17.3. The Morgan fingerprint density at radius 2 is 1.88 bits per heavy atom. The van der Waals surface area contributed by atoms with Crippen LogP contribution in [0, 0.1) is 18.6 Å². The van der Waals surface area contributed by atoms with E-state index in [0.29, 0.717) is 17.7 Å². The molecule has 10 heteroatoms. The van der Waals surface area contributed by atoms with E-state index in [2.05, 4.69) is 19.7 Å². The molecule has 1 N–H and O–H groups in total. The van der Waals surface area contributed by atoms with Crippen LogP contribution >= 0.6 is 0 Å². The Balaban J connectivity index is 1.93. The lowest BCUT2D eigenvalue weighted by atomic mass is 10.3. The molecule has 0 aliphatic carbocycles. The van der Waals surface area contributed by atoms with Gasteiger partial charge in [0, 0.05) is 18.5 Å². The van der Waals surface area contributed by atoms with Crippen molar-refractivity contribution in [3.63, 3.8) is 0 Å². The van der Waals surface area contributed by atoms with Crippen LogP contribution in [0.4, 0.5) is 14.6 Å². The molecule has 0 amide bonds. The number of rotatable bonds is 4. The summed E-state index contributed by atoms with van der Waals surface area (Å²) in [6.07, 6.45) is 4.41. The third kappa shape index (κ3) is 3.08. The summed E-state index contributed by atoms with van der Waals surface area (Å²) < 4.78 is 54.5. The number of sulfonamides is 1. The Kier molecular flexibility index (Phi) is 3.97. The van der Waals surface area contributed by atoms with Crippen LogP contribution in [0.2, 0.25) is 0 Å². The van der Waals surface area contributed by atoms with E-state index in [1.165, 1.54) is 12.4 Å². The molecule has 0 saturated carbocycles. The van der Waals surface area contributed by atoms with Crippen LogP contribution in [0.5, 0.6) is 0 Å². The Morgan fingerprint density at radius 1 is 1.08 bits per heavy atom. The van der Waals surface area contributed by atoms with E-state index in [1.54, 1.807) is 23.9 Å². The van der Waals surface area contributed by atoms with Gasteiger partial charge < -0.3 is 0 Å². The number of aryl methyl sites for hydroxylation is 1. The van der Waals surface area contributed by atoms with E-state index >= 15 is 0 Å². The molecule has 7 nitrogen and oxygen atoms in total. The van der Waals surface area contributed by atoms with Crippen molar-refractivity contribution in [2.45, 2.75) is 11.8 Å². The van der Waals surface area contributed by atoms with Crippen molar-refractivity contribution in [1.82, 2.24) is 19.5 Å². The maximum Gasteiger partial charge on any atom is 0.263 e. The number of nitrogens with one attached hydrogen (secondary N) is 1. The third-order valence-corrected chi connectivity index (χ3v) is 4.52. The van der Waals surface area contributed by atoms with Crippen LogP contribution < -0.4 is 4.72 Å². The van der Waals surface area contributed by atoms with E-state index in [-0.39, 0.29) is 5.82 Å². The Labute approximate surface area is 136 Å². The highest BCUT2D eigenvalue weighted by atomic mass is 32.2. The first-order valence-electron chi connectivity index (χ1n) is 6.67. The average molecular weight is 351 g/mol. The van der Waals surface area contributed by atoms with Crippen molar-refractivity contribution in [2.24, 2.45) is 0 Å². The number of aromatic nitrogens is 4. The average Bonchev–Trinajstić information content (AvgIpc) is 2.96. The number of hydrogen-bond acceptors (Lipinski definition) is 5. The molecule has 0 spiro atoms. The van der Waals surface area contributed by atoms with Crippen LogP contribution in [0.3, 0.4) is 0 Å². The summed E-state index contributed by atoms with van der Waals surface area (Å²) in [7, 11) is -4.12. The van der Waals surface area contributed by atoms with Crippen molar-refractivity contribution in [1.29, 1.82) is 0 Å². The predicted octanol–water partition coefficient (Wildman–Crippen LogP) is 2.05. The second-order valence-electron chi connectivity index (χ2n) is 4.79. The fourth-order valence-electron chi connectivity index (χ4n) is 2.00. The highest BCUT2D eigenvalue weighted by molar-refractivity contribution is 7.92. The van der Waals surface area contributed by atoms with Gasteiger partial charge in [0.1, 0.15) is 23.8 Å². The molecule has 0 radical (unpaired) electrons. The van der Waals surface area contributed by atoms with Gasteiger partial charge in [0.15, 0.2) is 11.6 Å². The van der Waals surface area contributed by atoms with Crippen LogP contribution in [0.1, 0.15) is 5.82 Å². The van der Waals surface area contributed by atoms with Gasteiger partial charge in [-0.05, 0) is 25.1 Å². The SMILES string of the molecule is Cc1nccn1-c1cc(NS(=O)(=O)c2ccc(F)c(F)c2)ncn1. The number of anilines is 1. The van der Waals surface area contributed by atoms with Gasteiger partial charge in [0.25, 0.3) is 10.0 Å². The predicted molar refractivity (Wildman–Crippen MR) is 81.1 cm³/mol. The lowest BCUT2D eigenvalue weighted by Crippen LogP contribution is -2.15. The van der Waals surface area contributed by atoms with Crippen LogP contribution in [0.25, 0.3) is 5.82 Å². The standard InChI is InChI=1S/C14H11F2N5O2S/c1-9-17-4-5-21(9)14-7-13(18-8-19-14)20-24(22,23)10-2-3-11(15)12(16)6-10/h2-8H,1H3,(H,18,19,20). The molecule has 0 atom stereocenters. The molecule has 3 rings (SSSR count).